The van der Waals surface area contributed by atoms with Gasteiger partial charge in [0, 0.05) is 6.61 Å². The minimum Gasteiger partial charge on any atom is -0.381 e. The van der Waals surface area contributed by atoms with E-state index in [9.17, 15) is 0 Å². The van der Waals surface area contributed by atoms with Gasteiger partial charge in [-0.1, -0.05) is 51.9 Å². The van der Waals surface area contributed by atoms with Crippen molar-refractivity contribution < 1.29 is 4.74 Å². The molecule has 0 unspecified atom stereocenters. The molecule has 8 bridgehead atoms. The van der Waals surface area contributed by atoms with Crippen molar-refractivity contribution in [3.8, 4) is 0 Å². The van der Waals surface area contributed by atoms with Crippen LogP contribution in [0.3, 0.4) is 0 Å². The van der Waals surface area contributed by atoms with E-state index in [0.717, 1.165) is 65.1 Å². The molecule has 0 saturated heterocycles. The van der Waals surface area contributed by atoms with Crippen LogP contribution in [0.15, 0.2) is 115 Å². The average Bonchev–Trinajstić information content (AvgIpc) is 3.68. The molecule has 5 nitrogen and oxygen atoms in total. The minimum atomic E-state index is 0.703. The van der Waals surface area contributed by atoms with Crippen LogP contribution in [0.25, 0.3) is 0 Å². The summed E-state index contributed by atoms with van der Waals surface area (Å²) in [6.45, 7) is 3.80. The van der Waals surface area contributed by atoms with Gasteiger partial charge in [0.15, 0.2) is 0 Å². The zero-order valence-electron chi connectivity index (χ0n) is 21.8. The summed E-state index contributed by atoms with van der Waals surface area (Å²) in [4.78, 5) is 19.1. The highest BCUT2D eigenvalue weighted by Crippen LogP contribution is 2.25. The molecule has 0 spiro atoms. The normalized spacial score (nSPS) is 19.2. The van der Waals surface area contributed by atoms with Gasteiger partial charge in [0.25, 0.3) is 0 Å². The fourth-order valence-electron chi connectivity index (χ4n) is 4.78. The summed E-state index contributed by atoms with van der Waals surface area (Å²) >= 11 is 0. The molecule has 0 fully saturated rings. The fourth-order valence-corrected chi connectivity index (χ4v) is 4.78. The van der Waals surface area contributed by atoms with Gasteiger partial charge >= 0.3 is 0 Å². The zero-order valence-corrected chi connectivity index (χ0v) is 21.8. The second kappa shape index (κ2) is 12.7. The van der Waals surface area contributed by atoms with E-state index in [-0.39, 0.29) is 0 Å². The van der Waals surface area contributed by atoms with Crippen molar-refractivity contribution in [1.29, 1.82) is 0 Å². The van der Waals surface area contributed by atoms with Crippen LogP contribution in [-0.2, 0) is 4.74 Å². The maximum absolute atomic E-state index is 5.99. The predicted molar refractivity (Wildman–Crippen MR) is 156 cm³/mol. The Kier molecular flexibility index (Phi) is 8.65. The smallest absolute Gasteiger partial charge is 0.0692 e. The van der Waals surface area contributed by atoms with Gasteiger partial charge in [-0.05, 0) is 85.3 Å². The quantitative estimate of drug-likeness (QED) is 0.260. The molecule has 37 heavy (non-hydrogen) atoms. The van der Waals surface area contributed by atoms with Gasteiger partial charge in [0.05, 0.1) is 52.2 Å². The number of ether oxygens (including phenoxy) is 1. The Labute approximate surface area is 220 Å². The lowest BCUT2D eigenvalue weighted by Crippen LogP contribution is -2.03. The fraction of sp³-hybridized carbons (Fsp3) is 0.375. The first kappa shape index (κ1) is 25.2. The number of rotatable bonds is 12. The lowest BCUT2D eigenvalue weighted by molar-refractivity contribution is 0.133. The summed E-state index contributed by atoms with van der Waals surface area (Å²) in [5.74, 6) is 0. The largest absolute Gasteiger partial charge is 0.381 e. The van der Waals surface area contributed by atoms with Crippen LogP contribution in [0, 0.1) is 0 Å². The second-order valence-electron chi connectivity index (χ2n) is 9.89. The molecule has 5 heterocycles. The predicted octanol–water partition coefficient (Wildman–Crippen LogP) is 7.50. The highest BCUT2D eigenvalue weighted by molar-refractivity contribution is 6.16. The van der Waals surface area contributed by atoms with Gasteiger partial charge in [0.1, 0.15) is 0 Å². The molecule has 0 N–H and O–H groups in total. The van der Waals surface area contributed by atoms with Crippen molar-refractivity contribution in [1.82, 2.24) is 0 Å². The Morgan fingerprint density at radius 2 is 1.05 bits per heavy atom. The van der Waals surface area contributed by atoms with E-state index in [4.69, 9.17) is 19.7 Å². The van der Waals surface area contributed by atoms with Gasteiger partial charge in [0.2, 0.25) is 0 Å². The van der Waals surface area contributed by atoms with Crippen LogP contribution in [0.2, 0.25) is 0 Å². The molecule has 0 aromatic rings. The number of unbranched alkanes of at least 4 members (excludes halogenated alkanes) is 7. The maximum Gasteiger partial charge on any atom is 0.0692 e. The van der Waals surface area contributed by atoms with Crippen LogP contribution in [0.4, 0.5) is 0 Å². The van der Waals surface area contributed by atoms with E-state index >= 15 is 0 Å². The summed E-state index contributed by atoms with van der Waals surface area (Å²) in [5, 5.41) is 0. The van der Waals surface area contributed by atoms with Crippen molar-refractivity contribution >= 4 is 22.8 Å². The Bertz CT molecular complexity index is 1270. The van der Waals surface area contributed by atoms with Crippen LogP contribution in [0.5, 0.6) is 0 Å². The van der Waals surface area contributed by atoms with Crippen molar-refractivity contribution in [3.63, 3.8) is 0 Å². The van der Waals surface area contributed by atoms with Gasteiger partial charge in [-0.3, -0.25) is 0 Å². The molecular formula is C32H36N4O. The molecule has 0 aromatic carbocycles. The topological polar surface area (TPSA) is 58.7 Å². The number of allylic oxidation sites excluding steroid dienone is 11. The lowest BCUT2D eigenvalue weighted by Gasteiger charge is -2.06. The molecule has 0 amide bonds. The van der Waals surface area contributed by atoms with Crippen molar-refractivity contribution in [2.45, 2.75) is 64.7 Å². The van der Waals surface area contributed by atoms with Gasteiger partial charge in [-0.25, -0.2) is 20.0 Å². The maximum atomic E-state index is 5.99. The summed E-state index contributed by atoms with van der Waals surface area (Å²) in [7, 11) is 0. The third-order valence-electron chi connectivity index (χ3n) is 6.78. The summed E-state index contributed by atoms with van der Waals surface area (Å²) in [5.41, 5.74) is 8.41. The van der Waals surface area contributed by atoms with Gasteiger partial charge < -0.3 is 4.74 Å². The SMILES string of the molecule is CCCCCCCCCCOCCC1=CC2=CC3=NC(=CC4=NC(=CC5=NC(=CC1=N2)C=C5)C=C4)C=C3. The van der Waals surface area contributed by atoms with E-state index in [1.807, 2.05) is 54.7 Å². The number of hydrogen-bond acceptors (Lipinski definition) is 5. The average molecular weight is 493 g/mol. The third kappa shape index (κ3) is 7.30. The summed E-state index contributed by atoms with van der Waals surface area (Å²) < 4.78 is 5.99. The Morgan fingerprint density at radius 3 is 1.68 bits per heavy atom. The lowest BCUT2D eigenvalue weighted by atomic mass is 10.1. The first-order valence-electron chi connectivity index (χ1n) is 13.8. The van der Waals surface area contributed by atoms with Crippen LogP contribution >= 0.6 is 0 Å². The van der Waals surface area contributed by atoms with Gasteiger partial charge in [-0.2, -0.15) is 0 Å². The van der Waals surface area contributed by atoms with Crippen molar-refractivity contribution in [2.24, 2.45) is 20.0 Å². The third-order valence-corrected chi connectivity index (χ3v) is 6.78. The minimum absolute atomic E-state index is 0.703. The molecule has 5 aliphatic rings. The Balaban J connectivity index is 1.21. The van der Waals surface area contributed by atoms with Crippen LogP contribution in [-0.4, -0.2) is 36.1 Å². The first-order chi connectivity index (χ1) is 18.2. The van der Waals surface area contributed by atoms with Crippen molar-refractivity contribution in [3.05, 3.63) is 95.2 Å². The standard InChI is InChI=1S/C32H36N4O/c1-2-3-4-5-6-7-8-9-17-37-18-16-24-19-31-22-29-13-12-27(34-29)20-25-10-11-26(33-25)21-28-14-15-30(35-28)23-32(24)36-31/h10-15,19-23H,2-9,16-18H2,1H3. The van der Waals surface area contributed by atoms with E-state index in [1.165, 1.54) is 50.5 Å². The molecule has 5 heteroatoms. The summed E-state index contributed by atoms with van der Waals surface area (Å²) in [6.07, 6.45) is 33.7. The van der Waals surface area contributed by atoms with E-state index in [1.54, 1.807) is 0 Å². The van der Waals surface area contributed by atoms with E-state index in [0.29, 0.717) is 6.61 Å². The molecule has 0 aromatic heterocycles. The molecular weight excluding hydrogens is 456 g/mol. The number of nitrogens with zero attached hydrogens (tertiary/aromatic N) is 4. The molecule has 190 valence electrons. The van der Waals surface area contributed by atoms with Crippen LogP contribution in [0.1, 0.15) is 64.7 Å². The second-order valence-corrected chi connectivity index (χ2v) is 9.89. The highest BCUT2D eigenvalue weighted by Gasteiger charge is 2.17. The zero-order chi connectivity index (χ0) is 25.3. The molecule has 5 rings (SSSR count). The molecule has 5 aliphatic heterocycles. The molecule has 0 aliphatic carbocycles. The van der Waals surface area contributed by atoms with Crippen molar-refractivity contribution in [2.75, 3.05) is 13.2 Å². The number of aliphatic imine (C=N–C) groups is 4. The van der Waals surface area contributed by atoms with E-state index < -0.39 is 0 Å². The van der Waals surface area contributed by atoms with E-state index in [2.05, 4.69) is 24.1 Å². The molecule has 0 atom stereocenters. The Morgan fingerprint density at radius 1 is 0.514 bits per heavy atom. The first-order valence-corrected chi connectivity index (χ1v) is 13.8. The van der Waals surface area contributed by atoms with Crippen LogP contribution < -0.4 is 0 Å². The number of hydrogen-bond donors (Lipinski definition) is 0. The molecule has 0 saturated carbocycles. The summed E-state index contributed by atoms with van der Waals surface area (Å²) in [6, 6.07) is 0. The van der Waals surface area contributed by atoms with Gasteiger partial charge in [-0.15, -0.1) is 0 Å². The molecule has 0 radical (unpaired) electrons. The monoisotopic (exact) mass is 492 g/mol. The number of fused-ring (bicyclic) bond motifs is 4. The Hall–Kier alpha value is -3.44. The highest BCUT2D eigenvalue weighted by atomic mass is 16.5.